The minimum Gasteiger partial charge on any atom is -0.494 e. The number of ether oxygens (including phenoxy) is 3. The zero-order chi connectivity index (χ0) is 21.7. The number of aliphatic hydroxyl groups is 2. The number of hydrogen-bond acceptors (Lipinski definition) is 7. The fraction of sp³-hybridized carbons (Fsp3) is 0.565. The molecule has 7 heteroatoms. The average molecular weight is 419 g/mol. The van der Waals surface area contributed by atoms with Crippen molar-refractivity contribution >= 4 is 0 Å². The van der Waals surface area contributed by atoms with E-state index in [0.717, 1.165) is 12.2 Å². The third-order valence-electron chi connectivity index (χ3n) is 5.36. The first-order chi connectivity index (χ1) is 14.3. The van der Waals surface area contributed by atoms with E-state index in [2.05, 4.69) is 36.6 Å². The fourth-order valence-electron chi connectivity index (χ4n) is 3.83. The highest BCUT2D eigenvalue weighted by atomic mass is 16.5. The summed E-state index contributed by atoms with van der Waals surface area (Å²) in [4.78, 5) is 0. The van der Waals surface area contributed by atoms with Crippen LogP contribution in [-0.4, -0.2) is 61.1 Å². The van der Waals surface area contributed by atoms with Crippen LogP contribution in [0, 0.1) is 0 Å². The maximum absolute atomic E-state index is 10.9. The van der Waals surface area contributed by atoms with Crippen LogP contribution in [0.2, 0.25) is 0 Å². The van der Waals surface area contributed by atoms with Crippen LogP contribution in [-0.2, 0) is 15.9 Å². The monoisotopic (exact) mass is 418 g/mol. The van der Waals surface area contributed by atoms with Gasteiger partial charge in [0.05, 0.1) is 24.5 Å². The van der Waals surface area contributed by atoms with Gasteiger partial charge in [-0.25, -0.2) is 0 Å². The van der Waals surface area contributed by atoms with Crippen LogP contribution >= 0.6 is 0 Å². The summed E-state index contributed by atoms with van der Waals surface area (Å²) in [7, 11) is 1.60. The summed E-state index contributed by atoms with van der Waals surface area (Å²) in [5.74, 6) is 1.49. The number of benzene rings is 1. The van der Waals surface area contributed by atoms with Gasteiger partial charge < -0.3 is 35.1 Å². The second-order valence-corrected chi connectivity index (χ2v) is 8.42. The van der Waals surface area contributed by atoms with Crippen LogP contribution in [0.25, 0.3) is 0 Å². The molecule has 3 unspecified atom stereocenters. The van der Waals surface area contributed by atoms with Gasteiger partial charge in [0, 0.05) is 31.2 Å². The SMILES string of the molecule is CCOc1ccc(CC(C)(C)NCC(O)C2=C3OCC(OC)NC3=CC(O)C2)cc1. The molecule has 0 amide bonds. The van der Waals surface area contributed by atoms with Crippen molar-refractivity contribution in [2.45, 2.75) is 57.6 Å². The number of rotatable bonds is 9. The largest absolute Gasteiger partial charge is 0.494 e. The summed E-state index contributed by atoms with van der Waals surface area (Å²) in [6.07, 6.45) is 1.16. The summed E-state index contributed by atoms with van der Waals surface area (Å²) in [5, 5.41) is 27.7. The third-order valence-corrected chi connectivity index (χ3v) is 5.36. The number of aliphatic hydroxyl groups excluding tert-OH is 2. The zero-order valence-electron chi connectivity index (χ0n) is 18.3. The zero-order valence-corrected chi connectivity index (χ0v) is 18.3. The number of nitrogens with one attached hydrogen (secondary N) is 2. The van der Waals surface area contributed by atoms with E-state index < -0.39 is 12.2 Å². The van der Waals surface area contributed by atoms with Crippen LogP contribution < -0.4 is 15.4 Å². The Morgan fingerprint density at radius 3 is 2.70 bits per heavy atom. The van der Waals surface area contributed by atoms with E-state index in [9.17, 15) is 10.2 Å². The van der Waals surface area contributed by atoms with Gasteiger partial charge >= 0.3 is 0 Å². The molecule has 1 aliphatic carbocycles. The Labute approximate surface area is 178 Å². The summed E-state index contributed by atoms with van der Waals surface area (Å²) >= 11 is 0. The van der Waals surface area contributed by atoms with Crippen molar-refractivity contribution in [3.63, 3.8) is 0 Å². The Hall–Kier alpha value is -2.06. The smallest absolute Gasteiger partial charge is 0.161 e. The second-order valence-electron chi connectivity index (χ2n) is 8.42. The predicted molar refractivity (Wildman–Crippen MR) is 115 cm³/mol. The number of hydrogen-bond donors (Lipinski definition) is 4. The Balaban J connectivity index is 1.61. The second kappa shape index (κ2) is 9.83. The lowest BCUT2D eigenvalue weighted by molar-refractivity contribution is -0.00507. The molecule has 0 spiro atoms. The maximum atomic E-state index is 10.9. The average Bonchev–Trinajstić information content (AvgIpc) is 2.72. The molecule has 1 aliphatic heterocycles. The first-order valence-corrected chi connectivity index (χ1v) is 10.5. The van der Waals surface area contributed by atoms with Crippen molar-refractivity contribution in [2.24, 2.45) is 0 Å². The molecule has 1 saturated heterocycles. The number of methoxy groups -OCH3 is 1. The minimum absolute atomic E-state index is 0.224. The first-order valence-electron chi connectivity index (χ1n) is 10.5. The summed E-state index contributed by atoms with van der Waals surface area (Å²) in [6.45, 7) is 7.55. The molecule has 4 N–H and O–H groups in total. The molecular weight excluding hydrogens is 384 g/mol. The molecule has 1 aromatic carbocycles. The Morgan fingerprint density at radius 1 is 1.30 bits per heavy atom. The van der Waals surface area contributed by atoms with Crippen molar-refractivity contribution in [1.29, 1.82) is 0 Å². The summed E-state index contributed by atoms with van der Waals surface area (Å²) < 4.78 is 16.6. The highest BCUT2D eigenvalue weighted by molar-refractivity contribution is 5.38. The van der Waals surface area contributed by atoms with Gasteiger partial charge in [0.15, 0.2) is 6.23 Å². The van der Waals surface area contributed by atoms with Gasteiger partial charge in [-0.3, -0.25) is 0 Å². The van der Waals surface area contributed by atoms with Gasteiger partial charge in [-0.05, 0) is 51.0 Å². The quantitative estimate of drug-likeness (QED) is 0.486. The van der Waals surface area contributed by atoms with E-state index >= 15 is 0 Å². The molecule has 1 aromatic rings. The number of fused-ring (bicyclic) bond motifs is 1. The lowest BCUT2D eigenvalue weighted by Crippen LogP contribution is -2.47. The molecule has 1 fully saturated rings. The lowest BCUT2D eigenvalue weighted by atomic mass is 9.91. The van der Waals surface area contributed by atoms with Gasteiger partial charge in [0.25, 0.3) is 0 Å². The van der Waals surface area contributed by atoms with Gasteiger partial charge in [0.1, 0.15) is 18.1 Å². The van der Waals surface area contributed by atoms with Crippen molar-refractivity contribution in [1.82, 2.24) is 10.6 Å². The highest BCUT2D eigenvalue weighted by Crippen LogP contribution is 2.30. The van der Waals surface area contributed by atoms with Gasteiger partial charge in [-0.15, -0.1) is 0 Å². The molecule has 0 saturated carbocycles. The predicted octanol–water partition coefficient (Wildman–Crippen LogP) is 1.85. The van der Waals surface area contributed by atoms with E-state index in [-0.39, 0.29) is 11.8 Å². The van der Waals surface area contributed by atoms with Crippen LogP contribution in [0.5, 0.6) is 5.75 Å². The van der Waals surface area contributed by atoms with E-state index in [1.165, 1.54) is 5.56 Å². The molecule has 30 heavy (non-hydrogen) atoms. The molecule has 0 radical (unpaired) electrons. The van der Waals surface area contributed by atoms with E-state index in [1.807, 2.05) is 19.1 Å². The van der Waals surface area contributed by atoms with Crippen LogP contribution in [0.15, 0.2) is 47.4 Å². The highest BCUT2D eigenvalue weighted by Gasteiger charge is 2.32. The van der Waals surface area contributed by atoms with E-state index in [0.29, 0.717) is 43.2 Å². The van der Waals surface area contributed by atoms with Crippen LogP contribution in [0.3, 0.4) is 0 Å². The molecule has 3 rings (SSSR count). The first kappa shape index (κ1) is 22.6. The fourth-order valence-corrected chi connectivity index (χ4v) is 3.83. The topological polar surface area (TPSA) is 92.2 Å². The van der Waals surface area contributed by atoms with Crippen LogP contribution in [0.1, 0.15) is 32.8 Å². The number of morpholine rings is 1. The molecule has 7 nitrogen and oxygen atoms in total. The molecule has 0 bridgehead atoms. The molecule has 2 aliphatic rings. The van der Waals surface area contributed by atoms with Gasteiger partial charge in [-0.1, -0.05) is 12.1 Å². The Morgan fingerprint density at radius 2 is 2.03 bits per heavy atom. The molecule has 3 atom stereocenters. The third kappa shape index (κ3) is 5.76. The lowest BCUT2D eigenvalue weighted by Gasteiger charge is -2.35. The van der Waals surface area contributed by atoms with E-state index in [1.54, 1.807) is 13.2 Å². The Bertz CT molecular complexity index is 772. The van der Waals surface area contributed by atoms with Crippen LogP contribution in [0.4, 0.5) is 0 Å². The normalized spacial score (nSPS) is 22.5. The van der Waals surface area contributed by atoms with E-state index in [4.69, 9.17) is 14.2 Å². The van der Waals surface area contributed by atoms with Crippen molar-refractivity contribution < 1.29 is 24.4 Å². The maximum Gasteiger partial charge on any atom is 0.161 e. The molecular formula is C23H34N2O5. The standard InChI is InChI=1S/C23H34N2O5/c1-5-29-17-8-6-15(7-9-17)12-23(2,3)24-13-20(27)18-10-16(26)11-19-22(18)30-14-21(25-19)28-4/h6-9,11,16,20-21,24-27H,5,10,12-14H2,1-4H3. The summed E-state index contributed by atoms with van der Waals surface area (Å²) in [5.41, 5.74) is 2.34. The summed E-state index contributed by atoms with van der Waals surface area (Å²) in [6, 6.07) is 8.10. The van der Waals surface area contributed by atoms with Crippen molar-refractivity contribution in [3.8, 4) is 5.75 Å². The van der Waals surface area contributed by atoms with Gasteiger partial charge in [-0.2, -0.15) is 0 Å². The molecule has 0 aromatic heterocycles. The van der Waals surface area contributed by atoms with Crippen molar-refractivity contribution in [3.05, 3.63) is 52.9 Å². The molecule has 166 valence electrons. The molecule has 1 heterocycles. The van der Waals surface area contributed by atoms with Gasteiger partial charge in [0.2, 0.25) is 0 Å². The Kier molecular flexibility index (Phi) is 7.41. The minimum atomic E-state index is -0.765. The number of β-amino-alcohol motifs (C(OH)–C–C–N with tert-alkyl or cyclic N) is 1. The van der Waals surface area contributed by atoms with Crippen molar-refractivity contribution in [2.75, 3.05) is 26.9 Å².